The number of aromatic nitrogens is 1. The third-order valence-corrected chi connectivity index (χ3v) is 5.69. The zero-order valence-corrected chi connectivity index (χ0v) is 17.8. The summed E-state index contributed by atoms with van der Waals surface area (Å²) in [5.41, 5.74) is 5.56. The normalized spacial score (nSPS) is 18.7. The lowest BCUT2D eigenvalue weighted by Crippen LogP contribution is -2.43. The van der Waals surface area contributed by atoms with Crippen molar-refractivity contribution in [3.05, 3.63) is 59.7 Å². The number of aryl methyl sites for hydroxylation is 1. The second-order valence-corrected chi connectivity index (χ2v) is 8.60. The van der Waals surface area contributed by atoms with Gasteiger partial charge in [0.05, 0.1) is 23.9 Å². The van der Waals surface area contributed by atoms with Crippen LogP contribution in [0.25, 0.3) is 22.2 Å². The number of nitrogens with zero attached hydrogens (tertiary/aromatic N) is 1. The van der Waals surface area contributed by atoms with Crippen LogP contribution in [0.15, 0.2) is 48.5 Å². The molecule has 0 bridgehead atoms. The molecular formula is C25H30N2O2. The van der Waals surface area contributed by atoms with Crippen LogP contribution in [0, 0.1) is 6.92 Å². The van der Waals surface area contributed by atoms with E-state index >= 15 is 0 Å². The fourth-order valence-electron chi connectivity index (χ4n) is 4.11. The maximum atomic E-state index is 5.87. The second-order valence-electron chi connectivity index (χ2n) is 8.60. The maximum absolute atomic E-state index is 5.87. The fourth-order valence-corrected chi connectivity index (χ4v) is 4.11. The molecule has 1 atom stereocenters. The number of hydrogen-bond donors (Lipinski definition) is 1. The van der Waals surface area contributed by atoms with Gasteiger partial charge >= 0.3 is 0 Å². The minimum Gasteiger partial charge on any atom is -0.497 e. The molecule has 1 N–H and O–H groups in total. The zero-order valence-electron chi connectivity index (χ0n) is 17.8. The van der Waals surface area contributed by atoms with Gasteiger partial charge in [-0.25, -0.2) is 4.98 Å². The predicted molar refractivity (Wildman–Crippen MR) is 118 cm³/mol. The Labute approximate surface area is 173 Å². The van der Waals surface area contributed by atoms with Crippen molar-refractivity contribution in [2.45, 2.75) is 51.8 Å². The van der Waals surface area contributed by atoms with Gasteiger partial charge in [-0.1, -0.05) is 12.1 Å². The van der Waals surface area contributed by atoms with Crippen molar-refractivity contribution in [3.63, 3.8) is 0 Å². The third kappa shape index (κ3) is 4.60. The number of ether oxygens (including phenoxy) is 2. The first-order chi connectivity index (χ1) is 13.9. The van der Waals surface area contributed by atoms with E-state index in [1.54, 1.807) is 7.11 Å². The molecular weight excluding hydrogens is 360 g/mol. The van der Waals surface area contributed by atoms with Crippen molar-refractivity contribution in [2.24, 2.45) is 0 Å². The van der Waals surface area contributed by atoms with Gasteiger partial charge in [-0.2, -0.15) is 0 Å². The van der Waals surface area contributed by atoms with Crippen LogP contribution in [0.5, 0.6) is 5.75 Å². The fraction of sp³-hybridized carbons (Fsp3) is 0.400. The molecule has 0 saturated carbocycles. The maximum Gasteiger partial charge on any atom is 0.118 e. The molecule has 1 saturated heterocycles. The summed E-state index contributed by atoms with van der Waals surface area (Å²) in [6, 6.07) is 17.4. The van der Waals surface area contributed by atoms with Gasteiger partial charge in [0.15, 0.2) is 0 Å². The first-order valence-electron chi connectivity index (χ1n) is 10.4. The Balaban J connectivity index is 1.67. The van der Waals surface area contributed by atoms with E-state index in [0.29, 0.717) is 6.04 Å². The van der Waals surface area contributed by atoms with E-state index in [2.05, 4.69) is 62.5 Å². The van der Waals surface area contributed by atoms with E-state index in [4.69, 9.17) is 14.5 Å². The minimum atomic E-state index is -0.0616. The molecule has 0 aliphatic carbocycles. The topological polar surface area (TPSA) is 43.4 Å². The summed E-state index contributed by atoms with van der Waals surface area (Å²) in [6.45, 7) is 8.05. The molecule has 2 aromatic carbocycles. The molecule has 3 aromatic rings. The van der Waals surface area contributed by atoms with E-state index in [1.807, 2.05) is 12.1 Å². The zero-order chi connectivity index (χ0) is 20.4. The lowest BCUT2D eigenvalue weighted by atomic mass is 9.93. The van der Waals surface area contributed by atoms with E-state index in [0.717, 1.165) is 48.5 Å². The highest BCUT2D eigenvalue weighted by atomic mass is 16.5. The van der Waals surface area contributed by atoms with Crippen molar-refractivity contribution in [1.82, 2.24) is 10.3 Å². The van der Waals surface area contributed by atoms with Crippen LogP contribution in [0.4, 0.5) is 0 Å². The van der Waals surface area contributed by atoms with Crippen LogP contribution in [0.3, 0.4) is 0 Å². The highest BCUT2D eigenvalue weighted by Crippen LogP contribution is 2.29. The Morgan fingerprint density at radius 2 is 1.93 bits per heavy atom. The molecule has 0 radical (unpaired) electrons. The number of rotatable bonds is 5. The minimum absolute atomic E-state index is 0.0616. The molecule has 4 heteroatoms. The molecule has 2 heterocycles. The number of nitrogens with one attached hydrogen (secondary N) is 1. The summed E-state index contributed by atoms with van der Waals surface area (Å²) in [4.78, 5) is 5.05. The van der Waals surface area contributed by atoms with E-state index in [-0.39, 0.29) is 5.60 Å². The molecule has 0 spiro atoms. The second kappa shape index (κ2) is 8.13. The quantitative estimate of drug-likeness (QED) is 0.645. The monoisotopic (exact) mass is 390 g/mol. The lowest BCUT2D eigenvalue weighted by molar-refractivity contribution is -0.0630. The molecule has 4 rings (SSSR count). The number of hydrogen-bond acceptors (Lipinski definition) is 4. The predicted octanol–water partition coefficient (Wildman–Crippen LogP) is 5.27. The van der Waals surface area contributed by atoms with Crippen LogP contribution in [-0.2, 0) is 11.3 Å². The number of pyridine rings is 1. The van der Waals surface area contributed by atoms with Crippen molar-refractivity contribution in [3.8, 4) is 17.0 Å². The first-order valence-corrected chi connectivity index (χ1v) is 10.4. The average molecular weight is 391 g/mol. The number of fused-ring (bicyclic) bond motifs is 1. The van der Waals surface area contributed by atoms with Crippen LogP contribution in [0.2, 0.25) is 0 Å². The Hall–Kier alpha value is -2.43. The standard InChI is InChI=1S/C25H30N2O2/c1-17-5-6-19-14-20(16-26-21-11-12-29-25(2,3)15-21)24(27-23(19)13-17)18-7-9-22(28-4)10-8-18/h5-10,13-14,21,26H,11-12,15-16H2,1-4H3/t21-/m1/s1. The molecule has 1 aliphatic rings. The molecule has 1 fully saturated rings. The summed E-state index contributed by atoms with van der Waals surface area (Å²) >= 11 is 0. The molecule has 29 heavy (non-hydrogen) atoms. The Morgan fingerprint density at radius 1 is 1.14 bits per heavy atom. The molecule has 0 amide bonds. The Bertz CT molecular complexity index is 996. The highest BCUT2D eigenvalue weighted by Gasteiger charge is 2.28. The highest BCUT2D eigenvalue weighted by molar-refractivity contribution is 5.84. The largest absolute Gasteiger partial charge is 0.497 e. The van der Waals surface area contributed by atoms with E-state index in [9.17, 15) is 0 Å². The average Bonchev–Trinajstić information content (AvgIpc) is 2.71. The van der Waals surface area contributed by atoms with Gasteiger partial charge in [0.2, 0.25) is 0 Å². The van der Waals surface area contributed by atoms with Gasteiger partial charge in [-0.3, -0.25) is 0 Å². The van der Waals surface area contributed by atoms with Gasteiger partial charge in [-0.15, -0.1) is 0 Å². The van der Waals surface area contributed by atoms with Crippen molar-refractivity contribution in [1.29, 1.82) is 0 Å². The number of benzene rings is 2. The molecule has 1 aliphatic heterocycles. The Kier molecular flexibility index (Phi) is 5.57. The Morgan fingerprint density at radius 3 is 2.66 bits per heavy atom. The third-order valence-electron chi connectivity index (χ3n) is 5.69. The number of methoxy groups -OCH3 is 1. The summed E-state index contributed by atoms with van der Waals surface area (Å²) in [7, 11) is 1.69. The summed E-state index contributed by atoms with van der Waals surface area (Å²) in [6.07, 6.45) is 2.06. The van der Waals surface area contributed by atoms with E-state index in [1.165, 1.54) is 16.5 Å². The van der Waals surface area contributed by atoms with Crippen molar-refractivity contribution in [2.75, 3.05) is 13.7 Å². The van der Waals surface area contributed by atoms with Crippen LogP contribution in [-0.4, -0.2) is 30.3 Å². The summed E-state index contributed by atoms with van der Waals surface area (Å²) in [5.74, 6) is 0.856. The van der Waals surface area contributed by atoms with Crippen LogP contribution < -0.4 is 10.1 Å². The smallest absolute Gasteiger partial charge is 0.118 e. The van der Waals surface area contributed by atoms with Crippen LogP contribution in [0.1, 0.15) is 37.8 Å². The van der Waals surface area contributed by atoms with Gasteiger partial charge in [0.1, 0.15) is 5.75 Å². The van der Waals surface area contributed by atoms with Crippen molar-refractivity contribution >= 4 is 10.9 Å². The summed E-state index contributed by atoms with van der Waals surface area (Å²) < 4.78 is 11.2. The molecule has 1 aromatic heterocycles. The first kappa shape index (κ1) is 19.9. The van der Waals surface area contributed by atoms with Gasteiger partial charge in [0, 0.05) is 30.1 Å². The molecule has 0 unspecified atom stereocenters. The lowest BCUT2D eigenvalue weighted by Gasteiger charge is -2.36. The summed E-state index contributed by atoms with van der Waals surface area (Å²) in [5, 5.41) is 4.94. The van der Waals surface area contributed by atoms with Crippen molar-refractivity contribution < 1.29 is 9.47 Å². The van der Waals surface area contributed by atoms with Gasteiger partial charge in [0.25, 0.3) is 0 Å². The molecule has 152 valence electrons. The molecule has 4 nitrogen and oxygen atoms in total. The van der Waals surface area contributed by atoms with Gasteiger partial charge < -0.3 is 14.8 Å². The van der Waals surface area contributed by atoms with E-state index < -0.39 is 0 Å². The van der Waals surface area contributed by atoms with Crippen LogP contribution >= 0.6 is 0 Å². The van der Waals surface area contributed by atoms with Gasteiger partial charge in [-0.05, 0) is 81.1 Å². The SMILES string of the molecule is COc1ccc(-c2nc3cc(C)ccc3cc2CN[C@@H]2CCOC(C)(C)C2)cc1.